The van der Waals surface area contributed by atoms with Crippen LogP contribution in [0.2, 0.25) is 0 Å². The van der Waals surface area contributed by atoms with Crippen molar-refractivity contribution in [2.45, 2.75) is 148 Å². The first kappa shape index (κ1) is 66.3. The smallest absolute Gasteiger partial charge is 0.343 e. The Labute approximate surface area is 512 Å². The number of rotatable bonds is 31. The highest BCUT2D eigenvalue weighted by Gasteiger charge is 2.46. The molecule has 25 heteroatoms. The predicted octanol–water partition coefficient (Wildman–Crippen LogP) is 3.33. The number of hydrogen-bond donors (Lipinski definition) is 5. The molecule has 0 radical (unpaired) electrons. The van der Waals surface area contributed by atoms with Crippen LogP contribution in [0.15, 0.2) is 59.4 Å². The third-order valence-electron chi connectivity index (χ3n) is 16.0. The second-order valence-electron chi connectivity index (χ2n) is 23.5. The first-order chi connectivity index (χ1) is 42.3. The number of aryl methyl sites for hydroxylation is 1. The van der Waals surface area contributed by atoms with Crippen molar-refractivity contribution < 1.29 is 81.2 Å². The van der Waals surface area contributed by atoms with E-state index in [0.29, 0.717) is 63.9 Å². The standard InChI is InChI=1S/C64H74FN7O17/c1-6-64(85)44-29-49-59-42(34-72(49)61(83)43(44)35-88-62(64)84)58-46(15-14-41-36(2)45(65)30-48(70-59)57(41)58)68-53(78)33-67-60(82)38(27-37-11-8-7-9-12-37)28-40(74)32-66-51(76)17-16-50(75)47(31-56(81)89-63(3,4)5)69-52(77)21-24-87-26-25-86-23-10-13-39(73)20-22-71-54(79)18-19-55(71)80/h7-9,11-12,18-19,29-30,38,46-47,85H,6,10,13-17,20-28,31-35H2,1-5H3,(H,66,76)(H,67,82)(H,68,78)(H,69,77)/t38-,46+,47+,64+/m1/s1. The number of amides is 6. The number of imide groups is 1. The van der Waals surface area contributed by atoms with E-state index in [4.69, 9.17) is 23.9 Å². The van der Waals surface area contributed by atoms with E-state index in [1.807, 2.05) is 0 Å². The lowest BCUT2D eigenvalue weighted by atomic mass is 9.81. The van der Waals surface area contributed by atoms with Gasteiger partial charge in [-0.25, -0.2) is 14.2 Å². The van der Waals surface area contributed by atoms with Gasteiger partial charge in [-0.2, -0.15) is 0 Å². The summed E-state index contributed by atoms with van der Waals surface area (Å²) in [5.41, 5.74) is 0.673. The van der Waals surface area contributed by atoms with Crippen molar-refractivity contribution in [3.05, 3.63) is 110 Å². The first-order valence-electron chi connectivity index (χ1n) is 29.8. The van der Waals surface area contributed by atoms with Gasteiger partial charge in [-0.1, -0.05) is 37.3 Å². The maximum Gasteiger partial charge on any atom is 0.343 e. The number of aromatic nitrogens is 2. The van der Waals surface area contributed by atoms with E-state index in [1.165, 1.54) is 10.6 Å². The van der Waals surface area contributed by atoms with Crippen LogP contribution in [0.1, 0.15) is 137 Å². The normalized spacial score (nSPS) is 17.0. The number of nitrogens with one attached hydrogen (secondary N) is 4. The molecule has 0 saturated heterocycles. The fraction of sp³-hybridized carbons (Fsp3) is 0.484. The Kier molecular flexibility index (Phi) is 21.7. The number of carbonyl (C=O) groups is 11. The van der Waals surface area contributed by atoms with Crippen LogP contribution >= 0.6 is 0 Å². The first-order valence-corrected chi connectivity index (χ1v) is 29.8. The average molecular weight is 1230 g/mol. The van der Waals surface area contributed by atoms with Crippen LogP contribution in [-0.4, -0.2) is 142 Å². The number of hydrogen-bond acceptors (Lipinski definition) is 18. The van der Waals surface area contributed by atoms with Crippen molar-refractivity contribution in [1.29, 1.82) is 0 Å². The highest BCUT2D eigenvalue weighted by Crippen LogP contribution is 2.46. The van der Waals surface area contributed by atoms with Crippen LogP contribution in [0.4, 0.5) is 4.39 Å². The van der Waals surface area contributed by atoms with Gasteiger partial charge in [-0.15, -0.1) is 0 Å². The molecule has 24 nitrogen and oxygen atoms in total. The minimum Gasteiger partial charge on any atom is -0.460 e. The molecule has 4 atom stereocenters. The molecule has 6 amide bonds. The van der Waals surface area contributed by atoms with Crippen LogP contribution in [-0.2, 0) is 103 Å². The maximum atomic E-state index is 15.5. The summed E-state index contributed by atoms with van der Waals surface area (Å²) in [7, 11) is 0. The zero-order valence-corrected chi connectivity index (χ0v) is 50.5. The minimum atomic E-state index is -2.08. The number of esters is 2. The maximum absolute atomic E-state index is 15.5. The topological polar surface area (TPSA) is 331 Å². The Hall–Kier alpha value is -8.68. The van der Waals surface area contributed by atoms with Crippen molar-refractivity contribution >= 4 is 75.6 Å². The van der Waals surface area contributed by atoms with Gasteiger partial charge in [-0.3, -0.25) is 57.6 Å². The average Bonchev–Trinajstić information content (AvgIpc) is 1.98. The van der Waals surface area contributed by atoms with E-state index in [1.54, 1.807) is 71.0 Å². The zero-order valence-electron chi connectivity index (χ0n) is 50.5. The summed E-state index contributed by atoms with van der Waals surface area (Å²) in [5, 5.41) is 22.8. The lowest BCUT2D eigenvalue weighted by molar-refractivity contribution is -0.172. The quantitative estimate of drug-likeness (QED) is 0.0241. The number of Topliss-reactive ketones (excluding diaryl/α,β-unsaturated/α-hetero) is 3. The molecule has 0 saturated carbocycles. The van der Waals surface area contributed by atoms with Gasteiger partial charge >= 0.3 is 11.9 Å². The van der Waals surface area contributed by atoms with Crippen LogP contribution in [0.25, 0.3) is 22.3 Å². The number of ether oxygens (including phenoxy) is 4. The lowest BCUT2D eigenvalue weighted by Crippen LogP contribution is -2.44. The summed E-state index contributed by atoms with van der Waals surface area (Å²) in [5.74, 6) is -7.91. The zero-order chi connectivity index (χ0) is 64.3. The fourth-order valence-electron chi connectivity index (χ4n) is 11.4. The fourth-order valence-corrected chi connectivity index (χ4v) is 11.4. The van der Waals surface area contributed by atoms with Crippen LogP contribution in [0, 0.1) is 18.7 Å². The van der Waals surface area contributed by atoms with E-state index in [-0.39, 0.29) is 107 Å². The summed E-state index contributed by atoms with van der Waals surface area (Å²) in [6, 6.07) is 9.65. The lowest BCUT2D eigenvalue weighted by Gasteiger charge is -2.31. The Bertz CT molecular complexity index is 3560. The molecule has 0 bridgehead atoms. The number of benzene rings is 2. The van der Waals surface area contributed by atoms with Crippen molar-refractivity contribution in [2.75, 3.05) is 46.1 Å². The third-order valence-corrected chi connectivity index (χ3v) is 16.0. The van der Waals surface area contributed by atoms with Gasteiger partial charge in [0.1, 0.15) is 23.8 Å². The molecular formula is C64H74FN7O17. The molecule has 4 aromatic rings. The molecule has 0 spiro atoms. The summed E-state index contributed by atoms with van der Waals surface area (Å²) in [6.07, 6.45) is 1.73. The van der Waals surface area contributed by atoms with Crippen LogP contribution in [0.5, 0.6) is 0 Å². The van der Waals surface area contributed by atoms with E-state index in [0.717, 1.165) is 17.1 Å². The monoisotopic (exact) mass is 1230 g/mol. The highest BCUT2D eigenvalue weighted by atomic mass is 19.1. The Balaban J connectivity index is 0.821. The van der Waals surface area contributed by atoms with Gasteiger partial charge < -0.3 is 49.9 Å². The molecular weight excluding hydrogens is 1160 g/mol. The van der Waals surface area contributed by atoms with Crippen molar-refractivity contribution in [2.24, 2.45) is 5.92 Å². The molecule has 0 fully saturated rings. The minimum absolute atomic E-state index is 0.0143. The van der Waals surface area contributed by atoms with Gasteiger partial charge in [0.2, 0.25) is 23.6 Å². The molecule has 89 heavy (non-hydrogen) atoms. The SMILES string of the molecule is CC[C@@]1(O)C(=O)OCc2c1cc1n(c2=O)Cc2c-1nc1cc(F)c(C)c3c1c2[C@@H](NC(=O)CNC(=O)[C@@H](CC(=O)CNC(=O)CCC(=O)[C@H](CC(=O)OC(C)(C)C)NC(=O)CCOCCOCCCC(=O)CCN1C(=O)C=CC1=O)Cc1ccccc1)CC3. The number of nitrogens with zero attached hydrogens (tertiary/aromatic N) is 3. The van der Waals surface area contributed by atoms with E-state index in [2.05, 4.69) is 21.3 Å². The predicted molar refractivity (Wildman–Crippen MR) is 315 cm³/mol. The number of carbonyl (C=O) groups excluding carboxylic acids is 11. The van der Waals surface area contributed by atoms with Gasteiger partial charge in [0.25, 0.3) is 17.4 Å². The van der Waals surface area contributed by atoms with Crippen molar-refractivity contribution in [3.8, 4) is 11.4 Å². The van der Waals surface area contributed by atoms with Crippen LogP contribution in [0.3, 0.4) is 0 Å². The summed E-state index contributed by atoms with van der Waals surface area (Å²) >= 11 is 0. The molecule has 5 heterocycles. The number of halogens is 1. The molecule has 4 aliphatic rings. The second kappa shape index (κ2) is 29.1. The molecule has 2 aromatic carbocycles. The number of cyclic esters (lactones) is 1. The van der Waals surface area contributed by atoms with E-state index in [9.17, 15) is 62.6 Å². The molecule has 8 rings (SSSR count). The van der Waals surface area contributed by atoms with Gasteiger partial charge in [0.15, 0.2) is 17.2 Å². The number of ketones is 3. The summed E-state index contributed by atoms with van der Waals surface area (Å²) in [4.78, 5) is 162. The second-order valence-corrected chi connectivity index (χ2v) is 23.5. The molecule has 2 aromatic heterocycles. The molecule has 0 unspecified atom stereocenters. The summed E-state index contributed by atoms with van der Waals surface area (Å²) < 4.78 is 38.6. The van der Waals surface area contributed by atoms with Gasteiger partial charge in [-0.05, 0) is 88.1 Å². The number of aliphatic hydroxyl groups is 1. The largest absolute Gasteiger partial charge is 0.460 e. The molecule has 474 valence electrons. The number of pyridine rings is 2. The third kappa shape index (κ3) is 16.3. The number of fused-ring (bicyclic) bond motifs is 5. The van der Waals surface area contributed by atoms with Crippen LogP contribution < -0.4 is 26.8 Å². The van der Waals surface area contributed by atoms with Gasteiger partial charge in [0.05, 0.1) is 80.4 Å². The highest BCUT2D eigenvalue weighted by molar-refractivity contribution is 6.13. The van der Waals surface area contributed by atoms with Gasteiger partial charge in [0, 0.05) is 92.3 Å². The Morgan fingerprint density at radius 3 is 2.25 bits per heavy atom. The molecule has 5 N–H and O–H groups in total. The Morgan fingerprint density at radius 1 is 0.820 bits per heavy atom. The Morgan fingerprint density at radius 2 is 1.54 bits per heavy atom. The van der Waals surface area contributed by atoms with E-state index < -0.39 is 132 Å². The van der Waals surface area contributed by atoms with Crippen molar-refractivity contribution in [3.63, 3.8) is 0 Å². The summed E-state index contributed by atoms with van der Waals surface area (Å²) in [6.45, 7) is 7.27. The molecule has 1 aliphatic carbocycles. The molecule has 3 aliphatic heterocycles. The van der Waals surface area contributed by atoms with E-state index >= 15 is 4.39 Å². The van der Waals surface area contributed by atoms with Crippen molar-refractivity contribution in [1.82, 2.24) is 35.7 Å².